The Morgan fingerprint density at radius 2 is 1.61 bits per heavy atom. The Hall–Kier alpha value is -1.40. The molecule has 0 unspecified atom stereocenters. The van der Waals surface area contributed by atoms with E-state index in [4.69, 9.17) is 4.74 Å². The number of likely N-dealkylation sites (N-methyl/N-ethyl adjacent to an activating group) is 2. The van der Waals surface area contributed by atoms with Crippen LogP contribution in [0.15, 0.2) is 12.2 Å². The first-order valence-corrected chi connectivity index (χ1v) is 5.71. The zero-order valence-corrected chi connectivity index (χ0v) is 11.5. The molecule has 104 valence electrons. The van der Waals surface area contributed by atoms with Gasteiger partial charge in [0.2, 0.25) is 0 Å². The summed E-state index contributed by atoms with van der Waals surface area (Å²) in [5.41, 5.74) is 0. The van der Waals surface area contributed by atoms with Gasteiger partial charge < -0.3 is 19.3 Å². The van der Waals surface area contributed by atoms with E-state index in [1.807, 2.05) is 21.1 Å². The smallest absolute Gasteiger partial charge is 0.331 e. The van der Waals surface area contributed by atoms with E-state index >= 15 is 0 Å². The molecule has 0 saturated heterocycles. The first-order valence-electron chi connectivity index (χ1n) is 5.71. The molecule has 0 aliphatic carbocycles. The molecular formula is C12H22N2O4. The summed E-state index contributed by atoms with van der Waals surface area (Å²) in [7, 11) is 7.22. The Balaban J connectivity index is 3.67. The van der Waals surface area contributed by atoms with E-state index in [1.165, 1.54) is 7.11 Å². The fourth-order valence-electron chi connectivity index (χ4n) is 1.04. The summed E-state index contributed by atoms with van der Waals surface area (Å²) in [6.07, 6.45) is 2.10. The quantitative estimate of drug-likeness (QED) is 0.442. The van der Waals surface area contributed by atoms with Gasteiger partial charge in [0.1, 0.15) is 6.61 Å². The molecule has 0 spiro atoms. The van der Waals surface area contributed by atoms with E-state index < -0.39 is 11.9 Å². The summed E-state index contributed by atoms with van der Waals surface area (Å²) in [5, 5.41) is 0. The summed E-state index contributed by atoms with van der Waals surface area (Å²) < 4.78 is 9.28. The molecule has 0 saturated carbocycles. The van der Waals surface area contributed by atoms with Crippen LogP contribution in [0.2, 0.25) is 0 Å². The van der Waals surface area contributed by atoms with Crippen molar-refractivity contribution < 1.29 is 19.1 Å². The van der Waals surface area contributed by atoms with Crippen molar-refractivity contribution >= 4 is 11.9 Å². The maximum Gasteiger partial charge on any atom is 0.331 e. The summed E-state index contributed by atoms with van der Waals surface area (Å²) in [6.45, 7) is 2.81. The molecule has 0 atom stereocenters. The molecule has 0 N–H and O–H groups in total. The minimum absolute atomic E-state index is 0.300. The lowest BCUT2D eigenvalue weighted by Crippen LogP contribution is -2.31. The van der Waals surface area contributed by atoms with Crippen molar-refractivity contribution in [2.45, 2.75) is 0 Å². The summed E-state index contributed by atoms with van der Waals surface area (Å²) in [4.78, 5) is 26.0. The van der Waals surface area contributed by atoms with Gasteiger partial charge in [0.05, 0.1) is 7.11 Å². The second-order valence-corrected chi connectivity index (χ2v) is 4.13. The Morgan fingerprint density at radius 1 is 1.00 bits per heavy atom. The minimum Gasteiger partial charge on any atom is -0.466 e. The van der Waals surface area contributed by atoms with E-state index in [2.05, 4.69) is 14.5 Å². The van der Waals surface area contributed by atoms with E-state index in [0.717, 1.165) is 25.2 Å². The van der Waals surface area contributed by atoms with E-state index in [-0.39, 0.29) is 0 Å². The zero-order chi connectivity index (χ0) is 14.0. The number of carbonyl (C=O) groups is 2. The molecule has 6 nitrogen and oxygen atoms in total. The van der Waals surface area contributed by atoms with Crippen LogP contribution in [-0.4, -0.2) is 76.2 Å². The van der Waals surface area contributed by atoms with Gasteiger partial charge in [0.25, 0.3) is 0 Å². The van der Waals surface area contributed by atoms with Crippen LogP contribution < -0.4 is 0 Å². The number of methoxy groups -OCH3 is 1. The van der Waals surface area contributed by atoms with Crippen molar-refractivity contribution in [1.82, 2.24) is 9.80 Å². The third-order valence-electron chi connectivity index (χ3n) is 2.20. The Morgan fingerprint density at radius 3 is 2.17 bits per heavy atom. The predicted octanol–water partition coefficient (Wildman–Crippen LogP) is -0.248. The van der Waals surface area contributed by atoms with Crippen LogP contribution in [0.5, 0.6) is 0 Å². The highest BCUT2D eigenvalue weighted by Crippen LogP contribution is 1.88. The molecule has 18 heavy (non-hydrogen) atoms. The Kier molecular flexibility index (Phi) is 8.86. The van der Waals surface area contributed by atoms with Gasteiger partial charge in [-0.3, -0.25) is 0 Å². The topological polar surface area (TPSA) is 59.1 Å². The fraction of sp³-hybridized carbons (Fsp3) is 0.667. The van der Waals surface area contributed by atoms with Crippen molar-refractivity contribution in [2.75, 3.05) is 54.5 Å². The average molecular weight is 258 g/mol. The molecule has 0 fully saturated rings. The number of ether oxygens (including phenoxy) is 2. The molecule has 0 aliphatic rings. The number of hydrogen-bond donors (Lipinski definition) is 0. The van der Waals surface area contributed by atoms with Gasteiger partial charge in [-0.05, 0) is 21.1 Å². The SMILES string of the molecule is COC(=O)C=CC(=O)OCCN(C)CCN(C)C. The van der Waals surface area contributed by atoms with Gasteiger partial charge in [-0.25, -0.2) is 9.59 Å². The number of nitrogens with zero attached hydrogens (tertiary/aromatic N) is 2. The first kappa shape index (κ1) is 16.6. The normalized spacial score (nSPS) is 11.2. The highest BCUT2D eigenvalue weighted by molar-refractivity contribution is 5.91. The van der Waals surface area contributed by atoms with Crippen LogP contribution in [-0.2, 0) is 19.1 Å². The van der Waals surface area contributed by atoms with E-state index in [1.54, 1.807) is 0 Å². The average Bonchev–Trinajstić information content (AvgIpc) is 2.33. The summed E-state index contributed by atoms with van der Waals surface area (Å²) in [6, 6.07) is 0. The fourth-order valence-corrected chi connectivity index (χ4v) is 1.04. The van der Waals surface area contributed by atoms with Crippen molar-refractivity contribution in [3.05, 3.63) is 12.2 Å². The Labute approximate surface area is 108 Å². The standard InChI is InChI=1S/C12H22N2O4/c1-13(2)7-8-14(3)9-10-18-12(16)6-5-11(15)17-4/h5-6H,7-10H2,1-4H3. The summed E-state index contributed by atoms with van der Waals surface area (Å²) in [5.74, 6) is -1.11. The van der Waals surface area contributed by atoms with Crippen LogP contribution in [0.25, 0.3) is 0 Å². The van der Waals surface area contributed by atoms with Gasteiger partial charge in [0, 0.05) is 31.8 Å². The van der Waals surface area contributed by atoms with E-state index in [0.29, 0.717) is 13.2 Å². The molecule has 6 heteroatoms. The molecule has 0 bridgehead atoms. The van der Waals surface area contributed by atoms with Gasteiger partial charge in [-0.15, -0.1) is 0 Å². The zero-order valence-electron chi connectivity index (χ0n) is 11.5. The van der Waals surface area contributed by atoms with Crippen LogP contribution >= 0.6 is 0 Å². The maximum atomic E-state index is 11.2. The van der Waals surface area contributed by atoms with E-state index in [9.17, 15) is 9.59 Å². The molecular weight excluding hydrogens is 236 g/mol. The second kappa shape index (κ2) is 9.61. The lowest BCUT2D eigenvalue weighted by Gasteiger charge is -2.18. The van der Waals surface area contributed by atoms with Crippen molar-refractivity contribution in [1.29, 1.82) is 0 Å². The van der Waals surface area contributed by atoms with Crippen LogP contribution in [0, 0.1) is 0 Å². The van der Waals surface area contributed by atoms with Crippen LogP contribution in [0.3, 0.4) is 0 Å². The van der Waals surface area contributed by atoms with Gasteiger partial charge >= 0.3 is 11.9 Å². The first-order chi connectivity index (χ1) is 8.45. The number of carbonyl (C=O) groups excluding carboxylic acids is 2. The van der Waals surface area contributed by atoms with Crippen LogP contribution in [0.1, 0.15) is 0 Å². The number of rotatable bonds is 8. The lowest BCUT2D eigenvalue weighted by atomic mass is 10.5. The monoisotopic (exact) mass is 258 g/mol. The minimum atomic E-state index is -0.574. The third-order valence-corrected chi connectivity index (χ3v) is 2.20. The van der Waals surface area contributed by atoms with Crippen molar-refractivity contribution in [2.24, 2.45) is 0 Å². The molecule has 0 heterocycles. The third kappa shape index (κ3) is 9.80. The molecule has 0 aliphatic heterocycles. The van der Waals surface area contributed by atoms with Crippen molar-refractivity contribution in [3.8, 4) is 0 Å². The molecule has 0 aromatic rings. The lowest BCUT2D eigenvalue weighted by molar-refractivity contribution is -0.139. The molecule has 0 radical (unpaired) electrons. The largest absolute Gasteiger partial charge is 0.466 e. The van der Waals surface area contributed by atoms with Gasteiger partial charge in [-0.1, -0.05) is 0 Å². The highest BCUT2D eigenvalue weighted by atomic mass is 16.5. The number of esters is 2. The molecule has 0 amide bonds. The predicted molar refractivity (Wildman–Crippen MR) is 68.2 cm³/mol. The molecule has 0 rings (SSSR count). The van der Waals surface area contributed by atoms with Crippen LogP contribution in [0.4, 0.5) is 0 Å². The second-order valence-electron chi connectivity index (χ2n) is 4.13. The highest BCUT2D eigenvalue weighted by Gasteiger charge is 2.02. The van der Waals surface area contributed by atoms with Gasteiger partial charge in [0.15, 0.2) is 0 Å². The number of hydrogen-bond acceptors (Lipinski definition) is 6. The van der Waals surface area contributed by atoms with Crippen molar-refractivity contribution in [3.63, 3.8) is 0 Å². The molecule has 0 aromatic carbocycles. The van der Waals surface area contributed by atoms with Gasteiger partial charge in [-0.2, -0.15) is 0 Å². The maximum absolute atomic E-state index is 11.2. The molecule has 0 aromatic heterocycles. The summed E-state index contributed by atoms with van der Waals surface area (Å²) >= 11 is 0. The Bertz CT molecular complexity index is 290.